The maximum Gasteiger partial charge on any atom is 0.253 e. The second-order valence-electron chi connectivity index (χ2n) is 7.48. The standard InChI is InChI=1S/C22H31N3O3/c1-17-16-23-21(25(17)11-4-14-27-2)15-18-9-12-24(13-10-18)22(26)19-5-7-20(28-3)8-6-19/h5-8,16,18H,4,9-15H2,1-3H3. The fraction of sp³-hybridized carbons (Fsp3) is 0.545. The zero-order valence-electron chi connectivity index (χ0n) is 17.2. The van der Waals surface area contributed by atoms with Crippen molar-refractivity contribution in [2.45, 2.75) is 39.2 Å². The van der Waals surface area contributed by atoms with Crippen LogP contribution in [-0.2, 0) is 17.7 Å². The molecule has 6 nitrogen and oxygen atoms in total. The van der Waals surface area contributed by atoms with Crippen LogP contribution in [0.15, 0.2) is 30.5 Å². The van der Waals surface area contributed by atoms with Gasteiger partial charge in [-0.05, 0) is 56.4 Å². The normalized spacial score (nSPS) is 15.0. The van der Waals surface area contributed by atoms with Crippen LogP contribution in [0.1, 0.15) is 41.1 Å². The summed E-state index contributed by atoms with van der Waals surface area (Å²) in [7, 11) is 3.37. The van der Waals surface area contributed by atoms with Crippen molar-refractivity contribution in [2.24, 2.45) is 5.92 Å². The molecule has 1 aliphatic rings. The van der Waals surface area contributed by atoms with Crippen LogP contribution in [0.3, 0.4) is 0 Å². The van der Waals surface area contributed by atoms with Crippen molar-refractivity contribution in [3.8, 4) is 5.75 Å². The topological polar surface area (TPSA) is 56.6 Å². The molecule has 0 unspecified atom stereocenters. The highest BCUT2D eigenvalue weighted by molar-refractivity contribution is 5.94. The van der Waals surface area contributed by atoms with E-state index in [2.05, 4.69) is 16.5 Å². The fourth-order valence-electron chi connectivity index (χ4n) is 3.86. The summed E-state index contributed by atoms with van der Waals surface area (Å²) in [4.78, 5) is 19.3. The molecule has 0 aliphatic carbocycles. The molecule has 1 fully saturated rings. The summed E-state index contributed by atoms with van der Waals surface area (Å²) in [5.41, 5.74) is 1.93. The molecule has 2 heterocycles. The molecule has 1 aliphatic heterocycles. The predicted molar refractivity (Wildman–Crippen MR) is 109 cm³/mol. The molecule has 1 aromatic carbocycles. The average molecular weight is 386 g/mol. The molecule has 3 rings (SSSR count). The Morgan fingerprint density at radius 3 is 2.54 bits per heavy atom. The number of benzene rings is 1. The number of methoxy groups -OCH3 is 2. The first-order chi connectivity index (χ1) is 13.6. The van der Waals surface area contributed by atoms with Crippen LogP contribution in [-0.4, -0.2) is 54.3 Å². The number of carbonyl (C=O) groups is 1. The molecule has 1 saturated heterocycles. The second kappa shape index (κ2) is 9.73. The number of piperidine rings is 1. The Hall–Kier alpha value is -2.34. The van der Waals surface area contributed by atoms with Crippen LogP contribution >= 0.6 is 0 Å². The number of rotatable bonds is 8. The zero-order chi connectivity index (χ0) is 19.9. The van der Waals surface area contributed by atoms with E-state index in [4.69, 9.17) is 9.47 Å². The van der Waals surface area contributed by atoms with Gasteiger partial charge in [-0.2, -0.15) is 0 Å². The van der Waals surface area contributed by atoms with Gasteiger partial charge in [-0.3, -0.25) is 4.79 Å². The smallest absolute Gasteiger partial charge is 0.253 e. The van der Waals surface area contributed by atoms with E-state index in [1.165, 1.54) is 5.69 Å². The number of carbonyl (C=O) groups excluding carboxylic acids is 1. The average Bonchev–Trinajstić information content (AvgIpc) is 3.08. The lowest BCUT2D eigenvalue weighted by atomic mass is 9.92. The molecule has 0 atom stereocenters. The van der Waals surface area contributed by atoms with E-state index in [0.29, 0.717) is 5.92 Å². The van der Waals surface area contributed by atoms with E-state index in [9.17, 15) is 4.79 Å². The zero-order valence-corrected chi connectivity index (χ0v) is 17.2. The van der Waals surface area contributed by atoms with E-state index in [1.54, 1.807) is 14.2 Å². The number of hydrogen-bond donors (Lipinski definition) is 0. The van der Waals surface area contributed by atoms with E-state index in [0.717, 1.165) is 69.1 Å². The number of aromatic nitrogens is 2. The van der Waals surface area contributed by atoms with Gasteiger partial charge < -0.3 is 18.9 Å². The number of amides is 1. The lowest BCUT2D eigenvalue weighted by Gasteiger charge is -2.32. The molecule has 0 N–H and O–H groups in total. The largest absolute Gasteiger partial charge is 0.497 e. The first kappa shape index (κ1) is 20.4. The van der Waals surface area contributed by atoms with Crippen molar-refractivity contribution >= 4 is 5.91 Å². The summed E-state index contributed by atoms with van der Waals surface area (Å²) in [6.07, 6.45) is 5.98. The molecule has 152 valence electrons. The quantitative estimate of drug-likeness (QED) is 0.654. The van der Waals surface area contributed by atoms with Crippen LogP contribution in [0.5, 0.6) is 5.75 Å². The molecule has 28 heavy (non-hydrogen) atoms. The van der Waals surface area contributed by atoms with E-state index in [-0.39, 0.29) is 5.91 Å². The Kier molecular flexibility index (Phi) is 7.09. The highest BCUT2D eigenvalue weighted by Crippen LogP contribution is 2.23. The monoisotopic (exact) mass is 385 g/mol. The minimum atomic E-state index is 0.109. The van der Waals surface area contributed by atoms with Crippen LogP contribution in [0.25, 0.3) is 0 Å². The fourth-order valence-corrected chi connectivity index (χ4v) is 3.86. The Bertz CT molecular complexity index is 762. The number of imidazole rings is 1. The molecule has 0 bridgehead atoms. The number of likely N-dealkylation sites (tertiary alicyclic amines) is 1. The summed E-state index contributed by atoms with van der Waals surface area (Å²) >= 11 is 0. The van der Waals surface area contributed by atoms with Crippen molar-refractivity contribution in [3.63, 3.8) is 0 Å². The minimum Gasteiger partial charge on any atom is -0.497 e. The van der Waals surface area contributed by atoms with Crippen LogP contribution in [0, 0.1) is 12.8 Å². The summed E-state index contributed by atoms with van der Waals surface area (Å²) in [5, 5.41) is 0. The van der Waals surface area contributed by atoms with Gasteiger partial charge >= 0.3 is 0 Å². The third-order valence-electron chi connectivity index (χ3n) is 5.58. The first-order valence-corrected chi connectivity index (χ1v) is 10.1. The molecule has 6 heteroatoms. The van der Waals surface area contributed by atoms with Crippen molar-refractivity contribution in [1.82, 2.24) is 14.5 Å². The van der Waals surface area contributed by atoms with Crippen molar-refractivity contribution < 1.29 is 14.3 Å². The second-order valence-corrected chi connectivity index (χ2v) is 7.48. The lowest BCUT2D eigenvalue weighted by molar-refractivity contribution is 0.0689. The highest BCUT2D eigenvalue weighted by Gasteiger charge is 2.25. The Labute approximate surface area is 167 Å². The summed E-state index contributed by atoms with van der Waals surface area (Å²) < 4.78 is 12.7. The third kappa shape index (κ3) is 4.93. The maximum absolute atomic E-state index is 12.7. The van der Waals surface area contributed by atoms with Gasteiger partial charge in [0.15, 0.2) is 0 Å². The third-order valence-corrected chi connectivity index (χ3v) is 5.58. The van der Waals surface area contributed by atoms with Gasteiger partial charge in [-0.15, -0.1) is 0 Å². The molecule has 0 radical (unpaired) electrons. The van der Waals surface area contributed by atoms with E-state index >= 15 is 0 Å². The number of hydrogen-bond acceptors (Lipinski definition) is 4. The molecular formula is C22H31N3O3. The first-order valence-electron chi connectivity index (χ1n) is 10.1. The Morgan fingerprint density at radius 2 is 1.89 bits per heavy atom. The predicted octanol–water partition coefficient (Wildman–Crippen LogP) is 3.33. The molecule has 2 aromatic rings. The SMILES string of the molecule is COCCCn1c(C)cnc1CC1CCN(C(=O)c2ccc(OC)cc2)CC1. The van der Waals surface area contributed by atoms with Crippen LogP contribution in [0.2, 0.25) is 0 Å². The van der Waals surface area contributed by atoms with E-state index < -0.39 is 0 Å². The van der Waals surface area contributed by atoms with Crippen LogP contribution in [0.4, 0.5) is 0 Å². The molecule has 1 amide bonds. The maximum atomic E-state index is 12.7. The van der Waals surface area contributed by atoms with Gasteiger partial charge in [0.1, 0.15) is 11.6 Å². The molecular weight excluding hydrogens is 354 g/mol. The van der Waals surface area contributed by atoms with Gasteiger partial charge in [0, 0.05) is 57.2 Å². The molecule has 0 saturated carbocycles. The van der Waals surface area contributed by atoms with Crippen molar-refractivity contribution in [1.29, 1.82) is 0 Å². The molecule has 0 spiro atoms. The van der Waals surface area contributed by atoms with Crippen LogP contribution < -0.4 is 4.74 Å². The summed E-state index contributed by atoms with van der Waals surface area (Å²) in [6.45, 7) is 5.43. The Balaban J connectivity index is 1.53. The van der Waals surface area contributed by atoms with Gasteiger partial charge in [0.05, 0.1) is 7.11 Å². The van der Waals surface area contributed by atoms with Crippen molar-refractivity contribution in [3.05, 3.63) is 47.5 Å². The summed E-state index contributed by atoms with van der Waals surface area (Å²) in [5.74, 6) is 2.61. The number of ether oxygens (including phenoxy) is 2. The van der Waals surface area contributed by atoms with Gasteiger partial charge in [0.2, 0.25) is 0 Å². The van der Waals surface area contributed by atoms with Gasteiger partial charge in [-0.1, -0.05) is 0 Å². The molecule has 1 aromatic heterocycles. The summed E-state index contributed by atoms with van der Waals surface area (Å²) in [6, 6.07) is 7.36. The van der Waals surface area contributed by atoms with Gasteiger partial charge in [0.25, 0.3) is 5.91 Å². The van der Waals surface area contributed by atoms with Gasteiger partial charge in [-0.25, -0.2) is 4.98 Å². The van der Waals surface area contributed by atoms with Crippen molar-refractivity contribution in [2.75, 3.05) is 33.9 Å². The Morgan fingerprint density at radius 1 is 1.18 bits per heavy atom. The van der Waals surface area contributed by atoms with E-state index in [1.807, 2.05) is 35.4 Å². The minimum absolute atomic E-state index is 0.109. The number of nitrogens with zero attached hydrogens (tertiary/aromatic N) is 3. The number of aryl methyl sites for hydroxylation is 1. The highest BCUT2D eigenvalue weighted by atomic mass is 16.5. The lowest BCUT2D eigenvalue weighted by Crippen LogP contribution is -2.39.